The highest BCUT2D eigenvalue weighted by molar-refractivity contribution is 9.10. The molecule has 96 valence electrons. The van der Waals surface area contributed by atoms with E-state index in [9.17, 15) is 0 Å². The van der Waals surface area contributed by atoms with Crippen LogP contribution in [0.15, 0.2) is 53.0 Å². The largest absolute Gasteiger partial charge is 0.0654 e. The molecule has 0 radical (unpaired) electrons. The monoisotopic (exact) mass is 312 g/mol. The third-order valence-electron chi connectivity index (χ3n) is 2.97. The van der Waals surface area contributed by atoms with E-state index in [0.29, 0.717) is 0 Å². The van der Waals surface area contributed by atoms with Crippen LogP contribution in [0.5, 0.6) is 0 Å². The summed E-state index contributed by atoms with van der Waals surface area (Å²) in [6.45, 7) is 2.22. The van der Waals surface area contributed by atoms with Crippen molar-refractivity contribution in [2.75, 3.05) is 0 Å². The van der Waals surface area contributed by atoms with Crippen molar-refractivity contribution in [1.29, 1.82) is 0 Å². The lowest BCUT2D eigenvalue weighted by Crippen LogP contribution is -1.84. The summed E-state index contributed by atoms with van der Waals surface area (Å²) < 4.78 is 1.08. The molecule has 0 spiro atoms. The van der Waals surface area contributed by atoms with Gasteiger partial charge in [0.2, 0.25) is 0 Å². The predicted octanol–water partition coefficient (Wildman–Crippen LogP) is 5.19. The minimum absolute atomic E-state index is 1.04. The summed E-state index contributed by atoms with van der Waals surface area (Å²) in [4.78, 5) is 0. The van der Waals surface area contributed by atoms with Gasteiger partial charge in [0.1, 0.15) is 0 Å². The maximum absolute atomic E-state index is 3.42. The van der Waals surface area contributed by atoms with Crippen LogP contribution in [0, 0.1) is 11.8 Å². The van der Waals surface area contributed by atoms with Gasteiger partial charge in [-0.2, -0.15) is 0 Å². The second-order valence-corrected chi connectivity index (χ2v) is 5.47. The van der Waals surface area contributed by atoms with Gasteiger partial charge in [0.15, 0.2) is 0 Å². The maximum atomic E-state index is 3.42. The van der Waals surface area contributed by atoms with Crippen molar-refractivity contribution in [3.8, 4) is 11.8 Å². The average Bonchev–Trinajstić information content (AvgIpc) is 2.46. The topological polar surface area (TPSA) is 0 Å². The minimum atomic E-state index is 1.04. The van der Waals surface area contributed by atoms with Crippen molar-refractivity contribution >= 4 is 15.9 Å². The number of hydrogen-bond donors (Lipinski definition) is 0. The van der Waals surface area contributed by atoms with Crippen molar-refractivity contribution in [1.82, 2.24) is 0 Å². The molecule has 0 nitrogen and oxygen atoms in total. The van der Waals surface area contributed by atoms with Gasteiger partial charge in [0.25, 0.3) is 0 Å². The summed E-state index contributed by atoms with van der Waals surface area (Å²) in [5.41, 5.74) is 3.51. The second-order valence-electron chi connectivity index (χ2n) is 4.56. The third-order valence-corrected chi connectivity index (χ3v) is 3.50. The molecule has 0 aromatic heterocycles. The fourth-order valence-electron chi connectivity index (χ4n) is 1.81. The van der Waals surface area contributed by atoms with E-state index in [2.05, 4.69) is 59.0 Å². The molecule has 0 heterocycles. The normalized spacial score (nSPS) is 9.79. The van der Waals surface area contributed by atoms with Crippen molar-refractivity contribution in [2.45, 2.75) is 26.2 Å². The number of rotatable bonds is 3. The van der Waals surface area contributed by atoms with Crippen LogP contribution in [0.2, 0.25) is 0 Å². The molecule has 0 atom stereocenters. The van der Waals surface area contributed by atoms with Crippen LogP contribution in [0.4, 0.5) is 0 Å². The number of unbranched alkanes of at least 4 members (excludes halogenated alkanes) is 1. The van der Waals surface area contributed by atoms with Gasteiger partial charge >= 0.3 is 0 Å². The first-order valence-electron chi connectivity index (χ1n) is 6.64. The molecule has 0 amide bonds. The Morgan fingerprint density at radius 1 is 0.842 bits per heavy atom. The molecule has 0 aliphatic rings. The van der Waals surface area contributed by atoms with Crippen LogP contribution >= 0.6 is 15.9 Å². The summed E-state index contributed by atoms with van der Waals surface area (Å²) in [5, 5.41) is 0. The Hall–Kier alpha value is -1.52. The van der Waals surface area contributed by atoms with E-state index in [1.54, 1.807) is 0 Å². The molecule has 0 N–H and O–H groups in total. The zero-order valence-corrected chi connectivity index (χ0v) is 12.7. The second kappa shape index (κ2) is 7.16. The van der Waals surface area contributed by atoms with Crippen LogP contribution in [0.3, 0.4) is 0 Å². The first kappa shape index (κ1) is 13.9. The fourth-order valence-corrected chi connectivity index (χ4v) is 2.08. The van der Waals surface area contributed by atoms with Crippen LogP contribution in [0.1, 0.15) is 36.5 Å². The maximum Gasteiger partial charge on any atom is 0.0249 e. The summed E-state index contributed by atoms with van der Waals surface area (Å²) in [6, 6.07) is 16.6. The van der Waals surface area contributed by atoms with Crippen LogP contribution in [-0.2, 0) is 6.42 Å². The fraction of sp³-hybridized carbons (Fsp3) is 0.222. The average molecular weight is 313 g/mol. The van der Waals surface area contributed by atoms with Crippen molar-refractivity contribution < 1.29 is 0 Å². The summed E-state index contributed by atoms with van der Waals surface area (Å²) in [6.07, 6.45) is 3.66. The highest BCUT2D eigenvalue weighted by Crippen LogP contribution is 2.10. The molecule has 2 rings (SSSR count). The standard InChI is InChI=1S/C18H17Br/c1-2-3-4-15-5-7-16(8-6-15)9-10-17-11-13-18(19)14-12-17/h5-8,11-14H,2-4H2,1H3. The Morgan fingerprint density at radius 2 is 1.37 bits per heavy atom. The van der Waals surface area contributed by atoms with Gasteiger partial charge in [-0.05, 0) is 54.8 Å². The zero-order valence-electron chi connectivity index (χ0n) is 11.1. The molecule has 0 aliphatic heterocycles. The lowest BCUT2D eigenvalue weighted by molar-refractivity contribution is 0.795. The third kappa shape index (κ3) is 4.58. The van der Waals surface area contributed by atoms with E-state index < -0.39 is 0 Å². The van der Waals surface area contributed by atoms with Crippen LogP contribution in [-0.4, -0.2) is 0 Å². The van der Waals surface area contributed by atoms with Crippen molar-refractivity contribution in [3.63, 3.8) is 0 Å². The highest BCUT2D eigenvalue weighted by atomic mass is 79.9. The zero-order chi connectivity index (χ0) is 13.5. The van der Waals surface area contributed by atoms with Crippen molar-refractivity contribution in [3.05, 3.63) is 69.7 Å². The molecule has 2 aromatic carbocycles. The van der Waals surface area contributed by atoms with E-state index >= 15 is 0 Å². The molecule has 0 fully saturated rings. The number of benzene rings is 2. The SMILES string of the molecule is CCCCc1ccc(C#Cc2ccc(Br)cc2)cc1. The smallest absolute Gasteiger partial charge is 0.0249 e. The van der Waals surface area contributed by atoms with Gasteiger partial charge in [-0.1, -0.05) is 53.2 Å². The van der Waals surface area contributed by atoms with Gasteiger partial charge in [-0.15, -0.1) is 0 Å². The van der Waals surface area contributed by atoms with Crippen molar-refractivity contribution in [2.24, 2.45) is 0 Å². The van der Waals surface area contributed by atoms with Gasteiger partial charge in [0, 0.05) is 15.6 Å². The lowest BCUT2D eigenvalue weighted by atomic mass is 10.1. The van der Waals surface area contributed by atoms with Gasteiger partial charge in [-0.3, -0.25) is 0 Å². The van der Waals surface area contributed by atoms with E-state index in [4.69, 9.17) is 0 Å². The Bertz CT molecular complexity index is 568. The Balaban J connectivity index is 2.05. The molecule has 2 aromatic rings. The summed E-state index contributed by atoms with van der Waals surface area (Å²) >= 11 is 3.42. The molecule has 1 heteroatoms. The number of aryl methyl sites for hydroxylation is 1. The Kier molecular flexibility index (Phi) is 5.24. The molecule has 19 heavy (non-hydrogen) atoms. The van der Waals surface area contributed by atoms with E-state index in [-0.39, 0.29) is 0 Å². The van der Waals surface area contributed by atoms with Gasteiger partial charge < -0.3 is 0 Å². The summed E-state index contributed by atoms with van der Waals surface area (Å²) in [5.74, 6) is 6.38. The quantitative estimate of drug-likeness (QED) is 0.684. The molecule has 0 saturated carbocycles. The molecule has 0 saturated heterocycles. The van der Waals surface area contributed by atoms with E-state index in [0.717, 1.165) is 22.0 Å². The Morgan fingerprint density at radius 3 is 1.89 bits per heavy atom. The van der Waals surface area contributed by atoms with Crippen LogP contribution < -0.4 is 0 Å². The Labute approximate surface area is 124 Å². The first-order valence-corrected chi connectivity index (χ1v) is 7.44. The number of halogens is 1. The van der Waals surface area contributed by atoms with E-state index in [1.807, 2.05) is 24.3 Å². The first-order chi connectivity index (χ1) is 9.28. The molecule has 0 unspecified atom stereocenters. The molecule has 0 bridgehead atoms. The minimum Gasteiger partial charge on any atom is -0.0654 e. The molecular weight excluding hydrogens is 296 g/mol. The van der Waals surface area contributed by atoms with Crippen LogP contribution in [0.25, 0.3) is 0 Å². The molecule has 0 aliphatic carbocycles. The highest BCUT2D eigenvalue weighted by Gasteiger charge is 1.92. The van der Waals surface area contributed by atoms with E-state index in [1.165, 1.54) is 18.4 Å². The van der Waals surface area contributed by atoms with Gasteiger partial charge in [0.05, 0.1) is 0 Å². The number of hydrogen-bond acceptors (Lipinski definition) is 0. The predicted molar refractivity (Wildman–Crippen MR) is 85.2 cm³/mol. The molecular formula is C18H17Br. The van der Waals surface area contributed by atoms with Gasteiger partial charge in [-0.25, -0.2) is 0 Å². The lowest BCUT2D eigenvalue weighted by Gasteiger charge is -1.99. The summed E-state index contributed by atoms with van der Waals surface area (Å²) in [7, 11) is 0.